The van der Waals surface area contributed by atoms with E-state index in [4.69, 9.17) is 10.00 Å². The van der Waals surface area contributed by atoms with Crippen LogP contribution in [0.3, 0.4) is 0 Å². The molecule has 22 heavy (non-hydrogen) atoms. The van der Waals surface area contributed by atoms with Crippen LogP contribution in [0.5, 0.6) is 5.75 Å². The Balaban J connectivity index is 1.89. The lowest BCUT2D eigenvalue weighted by Crippen LogP contribution is -2.30. The number of para-hydroxylation sites is 1. The number of hydrogen-bond acceptors (Lipinski definition) is 3. The van der Waals surface area contributed by atoms with Crippen LogP contribution in [-0.2, 0) is 0 Å². The van der Waals surface area contributed by atoms with E-state index in [0.29, 0.717) is 17.7 Å². The second-order valence-electron chi connectivity index (χ2n) is 4.69. The van der Waals surface area contributed by atoms with Gasteiger partial charge in [-0.1, -0.05) is 12.1 Å². The van der Waals surface area contributed by atoms with Crippen molar-refractivity contribution in [2.24, 2.45) is 0 Å². The molecule has 2 aromatic rings. The molecule has 0 saturated heterocycles. The molecule has 0 atom stereocenters. The number of hydrogen-bond donors (Lipinski definition) is 0. The number of benzene rings is 2. The maximum atomic E-state index is 13.4. The van der Waals surface area contributed by atoms with E-state index in [1.165, 1.54) is 17.0 Å². The minimum absolute atomic E-state index is 0.168. The monoisotopic (exact) mass is 298 g/mol. The lowest BCUT2D eigenvalue weighted by atomic mass is 10.1. The molecule has 0 aliphatic carbocycles. The van der Waals surface area contributed by atoms with Gasteiger partial charge >= 0.3 is 0 Å². The number of amides is 1. The van der Waals surface area contributed by atoms with Crippen molar-refractivity contribution >= 4 is 5.91 Å². The van der Waals surface area contributed by atoms with Crippen molar-refractivity contribution in [3.63, 3.8) is 0 Å². The van der Waals surface area contributed by atoms with E-state index >= 15 is 0 Å². The highest BCUT2D eigenvalue weighted by Crippen LogP contribution is 2.15. The molecule has 0 bridgehead atoms. The van der Waals surface area contributed by atoms with Crippen LogP contribution < -0.4 is 4.74 Å². The van der Waals surface area contributed by atoms with Gasteiger partial charge in [0.2, 0.25) is 0 Å². The summed E-state index contributed by atoms with van der Waals surface area (Å²) in [5.74, 6) is -0.438. The van der Waals surface area contributed by atoms with Gasteiger partial charge in [-0.2, -0.15) is 5.26 Å². The van der Waals surface area contributed by atoms with Crippen molar-refractivity contribution in [2.45, 2.75) is 0 Å². The number of nitriles is 1. The average Bonchev–Trinajstić information content (AvgIpc) is 2.56. The molecule has 5 heteroatoms. The Kier molecular flexibility index (Phi) is 5.10. The van der Waals surface area contributed by atoms with Gasteiger partial charge in [-0.3, -0.25) is 4.79 Å². The van der Waals surface area contributed by atoms with Gasteiger partial charge in [0, 0.05) is 12.6 Å². The van der Waals surface area contributed by atoms with Gasteiger partial charge in [-0.25, -0.2) is 4.39 Å². The first kappa shape index (κ1) is 15.5. The van der Waals surface area contributed by atoms with Crippen molar-refractivity contribution in [3.05, 3.63) is 65.5 Å². The van der Waals surface area contributed by atoms with Crippen LogP contribution >= 0.6 is 0 Å². The molecule has 0 N–H and O–H groups in total. The smallest absolute Gasteiger partial charge is 0.253 e. The molecule has 2 rings (SSSR count). The SMILES string of the molecule is CN(CCOc1ccccc1F)C(=O)c1ccc(C#N)cc1. The number of ether oxygens (including phenoxy) is 1. The molecule has 4 nitrogen and oxygen atoms in total. The molecular weight excluding hydrogens is 283 g/mol. The highest BCUT2D eigenvalue weighted by atomic mass is 19.1. The minimum Gasteiger partial charge on any atom is -0.489 e. The summed E-state index contributed by atoms with van der Waals surface area (Å²) < 4.78 is 18.7. The summed E-state index contributed by atoms with van der Waals surface area (Å²) in [6.07, 6.45) is 0. The van der Waals surface area contributed by atoms with E-state index in [9.17, 15) is 9.18 Å². The van der Waals surface area contributed by atoms with E-state index in [0.717, 1.165) is 0 Å². The zero-order valence-corrected chi connectivity index (χ0v) is 12.1. The topological polar surface area (TPSA) is 53.3 Å². The number of likely N-dealkylation sites (N-methyl/N-ethyl adjacent to an activating group) is 1. The Bertz CT molecular complexity index is 693. The number of halogens is 1. The third kappa shape index (κ3) is 3.83. The molecule has 0 unspecified atom stereocenters. The van der Waals surface area contributed by atoms with Crippen LogP contribution in [0.1, 0.15) is 15.9 Å². The molecule has 1 amide bonds. The quantitative estimate of drug-likeness (QED) is 0.853. The van der Waals surface area contributed by atoms with Crippen molar-refractivity contribution < 1.29 is 13.9 Å². The molecule has 0 aromatic heterocycles. The first-order chi connectivity index (χ1) is 10.6. The fourth-order valence-corrected chi connectivity index (χ4v) is 1.86. The summed E-state index contributed by atoms with van der Waals surface area (Å²) in [6.45, 7) is 0.520. The van der Waals surface area contributed by atoms with Crippen LogP contribution in [0.4, 0.5) is 4.39 Å². The molecular formula is C17H15FN2O2. The van der Waals surface area contributed by atoms with Gasteiger partial charge in [-0.05, 0) is 36.4 Å². The lowest BCUT2D eigenvalue weighted by Gasteiger charge is -2.17. The average molecular weight is 298 g/mol. The molecule has 2 aromatic carbocycles. The Hall–Kier alpha value is -2.87. The van der Waals surface area contributed by atoms with Crippen LogP contribution in [0, 0.1) is 17.1 Å². The van der Waals surface area contributed by atoms with E-state index in [1.54, 1.807) is 43.4 Å². The Labute approximate surface area is 128 Å². The first-order valence-corrected chi connectivity index (χ1v) is 6.75. The van der Waals surface area contributed by atoms with E-state index in [2.05, 4.69) is 0 Å². The third-order valence-corrected chi connectivity index (χ3v) is 3.13. The van der Waals surface area contributed by atoms with Gasteiger partial charge in [0.25, 0.3) is 5.91 Å². The van der Waals surface area contributed by atoms with Crippen LogP contribution in [0.25, 0.3) is 0 Å². The predicted octanol–water partition coefficient (Wildman–Crippen LogP) is 2.85. The molecule has 0 fully saturated rings. The third-order valence-electron chi connectivity index (χ3n) is 3.13. The standard InChI is InChI=1S/C17H15FN2O2/c1-20(10-11-22-16-5-3-2-4-15(16)18)17(21)14-8-6-13(12-19)7-9-14/h2-9H,10-11H2,1H3. The molecule has 0 aliphatic heterocycles. The second-order valence-corrected chi connectivity index (χ2v) is 4.69. The molecule has 0 radical (unpaired) electrons. The highest BCUT2D eigenvalue weighted by molar-refractivity contribution is 5.94. The lowest BCUT2D eigenvalue weighted by molar-refractivity contribution is 0.0773. The second kappa shape index (κ2) is 7.23. The van der Waals surface area contributed by atoms with Gasteiger partial charge in [-0.15, -0.1) is 0 Å². The summed E-state index contributed by atoms with van der Waals surface area (Å²) in [4.78, 5) is 13.7. The largest absolute Gasteiger partial charge is 0.489 e. The summed E-state index contributed by atoms with van der Waals surface area (Å²) in [5, 5.41) is 8.73. The van der Waals surface area contributed by atoms with Gasteiger partial charge in [0.15, 0.2) is 11.6 Å². The Morgan fingerprint density at radius 3 is 2.55 bits per heavy atom. The normalized spacial score (nSPS) is 9.86. The van der Waals surface area contributed by atoms with Gasteiger partial charge in [0.05, 0.1) is 18.2 Å². The fraction of sp³-hybridized carbons (Fsp3) is 0.176. The van der Waals surface area contributed by atoms with Gasteiger partial charge < -0.3 is 9.64 Å². The fourth-order valence-electron chi connectivity index (χ4n) is 1.86. The zero-order valence-electron chi connectivity index (χ0n) is 12.1. The zero-order chi connectivity index (χ0) is 15.9. The van der Waals surface area contributed by atoms with Crippen LogP contribution in [0.15, 0.2) is 48.5 Å². The first-order valence-electron chi connectivity index (χ1n) is 6.75. The van der Waals surface area contributed by atoms with Crippen molar-refractivity contribution in [3.8, 4) is 11.8 Å². The van der Waals surface area contributed by atoms with Crippen LogP contribution in [-0.4, -0.2) is 31.0 Å². The molecule has 0 aliphatic rings. The number of rotatable bonds is 5. The number of carbonyl (C=O) groups is 1. The molecule has 0 saturated carbocycles. The maximum absolute atomic E-state index is 13.4. The molecule has 0 spiro atoms. The number of nitrogens with zero attached hydrogens (tertiary/aromatic N) is 2. The molecule has 112 valence electrons. The summed E-state index contributed by atoms with van der Waals surface area (Å²) in [6, 6.07) is 14.5. The van der Waals surface area contributed by atoms with E-state index < -0.39 is 5.82 Å². The molecule has 0 heterocycles. The highest BCUT2D eigenvalue weighted by Gasteiger charge is 2.12. The summed E-state index contributed by atoms with van der Waals surface area (Å²) in [7, 11) is 1.64. The Morgan fingerprint density at radius 2 is 1.91 bits per heavy atom. The summed E-state index contributed by atoms with van der Waals surface area (Å²) >= 11 is 0. The maximum Gasteiger partial charge on any atom is 0.253 e. The van der Waals surface area contributed by atoms with E-state index in [-0.39, 0.29) is 18.3 Å². The van der Waals surface area contributed by atoms with Crippen molar-refractivity contribution in [1.29, 1.82) is 5.26 Å². The minimum atomic E-state index is -0.427. The Morgan fingerprint density at radius 1 is 1.23 bits per heavy atom. The predicted molar refractivity (Wildman–Crippen MR) is 80.0 cm³/mol. The van der Waals surface area contributed by atoms with Crippen molar-refractivity contribution in [2.75, 3.05) is 20.2 Å². The van der Waals surface area contributed by atoms with Gasteiger partial charge in [0.1, 0.15) is 6.61 Å². The summed E-state index contributed by atoms with van der Waals surface area (Å²) in [5.41, 5.74) is 0.995. The number of carbonyl (C=O) groups excluding carboxylic acids is 1. The van der Waals surface area contributed by atoms with E-state index in [1.807, 2.05) is 6.07 Å². The van der Waals surface area contributed by atoms with Crippen LogP contribution in [0.2, 0.25) is 0 Å². The van der Waals surface area contributed by atoms with Crippen molar-refractivity contribution in [1.82, 2.24) is 4.90 Å².